The molecule has 1 atom stereocenters. The van der Waals surface area contributed by atoms with Crippen molar-refractivity contribution in [3.8, 4) is 0 Å². The Morgan fingerprint density at radius 3 is 2.54 bits per heavy atom. The first-order valence-electron chi connectivity index (χ1n) is 10.1. The van der Waals surface area contributed by atoms with E-state index in [2.05, 4.69) is 0 Å². The van der Waals surface area contributed by atoms with Gasteiger partial charge in [0.1, 0.15) is 0 Å². The highest BCUT2D eigenvalue weighted by molar-refractivity contribution is 6.62. The first-order chi connectivity index (χ1) is 13.1. The molecule has 7 heteroatoms. The second kappa shape index (κ2) is 7.87. The molecule has 28 heavy (non-hydrogen) atoms. The first kappa shape index (κ1) is 20.9. The number of hydrogen-bond donors (Lipinski definition) is 0. The van der Waals surface area contributed by atoms with Crippen LogP contribution in [0.25, 0.3) is 0 Å². The Morgan fingerprint density at radius 1 is 1.21 bits per heavy atom. The van der Waals surface area contributed by atoms with Gasteiger partial charge < -0.3 is 18.9 Å². The van der Waals surface area contributed by atoms with Gasteiger partial charge in [0.05, 0.1) is 23.7 Å². The van der Waals surface area contributed by atoms with E-state index in [4.69, 9.17) is 14.0 Å². The molecule has 1 amide bonds. The fraction of sp³-hybridized carbons (Fsp3) is 0.619. The molecular weight excluding hydrogens is 357 g/mol. The van der Waals surface area contributed by atoms with Crippen molar-refractivity contribution in [3.63, 3.8) is 0 Å². The van der Waals surface area contributed by atoms with Gasteiger partial charge in [-0.05, 0) is 65.1 Å². The zero-order valence-corrected chi connectivity index (χ0v) is 17.5. The number of ether oxygens (including phenoxy) is 1. The third-order valence-corrected chi connectivity index (χ3v) is 5.99. The number of likely N-dealkylation sites (tertiary alicyclic amines) is 1. The number of hydrogen-bond acceptors (Lipinski definition) is 5. The molecule has 0 saturated carbocycles. The second-order valence-electron chi connectivity index (χ2n) is 8.56. The van der Waals surface area contributed by atoms with Gasteiger partial charge in [-0.3, -0.25) is 9.59 Å². The fourth-order valence-electron chi connectivity index (χ4n) is 3.59. The molecule has 1 aromatic rings. The number of nitrogens with zero attached hydrogens (tertiary/aromatic N) is 1. The quantitative estimate of drug-likeness (QED) is 0.587. The van der Waals surface area contributed by atoms with E-state index in [-0.39, 0.29) is 17.8 Å². The third kappa shape index (κ3) is 4.10. The van der Waals surface area contributed by atoms with E-state index >= 15 is 0 Å². The number of carbonyl (C=O) groups is 2. The number of rotatable bonds is 4. The molecule has 2 fully saturated rings. The van der Waals surface area contributed by atoms with Crippen LogP contribution in [0.4, 0.5) is 0 Å². The highest BCUT2D eigenvalue weighted by Crippen LogP contribution is 2.36. The SMILES string of the molecule is CCOC(=O)[C@@H]1CCCN(C(=O)c2cccc(B3OC(C)(C)C(C)(C)O3)c2)C1. The van der Waals surface area contributed by atoms with Crippen LogP contribution in [0.15, 0.2) is 24.3 Å². The average molecular weight is 387 g/mol. The molecule has 2 saturated heterocycles. The van der Waals surface area contributed by atoms with Crippen molar-refractivity contribution in [2.24, 2.45) is 5.92 Å². The molecule has 1 aromatic carbocycles. The smallest absolute Gasteiger partial charge is 0.466 e. The summed E-state index contributed by atoms with van der Waals surface area (Å²) in [5.41, 5.74) is 0.537. The minimum atomic E-state index is -0.508. The van der Waals surface area contributed by atoms with Crippen molar-refractivity contribution in [1.29, 1.82) is 0 Å². The molecule has 3 rings (SSSR count). The fourth-order valence-corrected chi connectivity index (χ4v) is 3.59. The minimum Gasteiger partial charge on any atom is -0.466 e. The van der Waals surface area contributed by atoms with Gasteiger partial charge in [0.15, 0.2) is 0 Å². The predicted molar refractivity (Wildman–Crippen MR) is 107 cm³/mol. The molecule has 152 valence electrons. The second-order valence-corrected chi connectivity index (χ2v) is 8.56. The monoisotopic (exact) mass is 387 g/mol. The number of amides is 1. The summed E-state index contributed by atoms with van der Waals surface area (Å²) in [4.78, 5) is 26.8. The largest absolute Gasteiger partial charge is 0.494 e. The topological polar surface area (TPSA) is 65.1 Å². The lowest BCUT2D eigenvalue weighted by Crippen LogP contribution is -2.43. The van der Waals surface area contributed by atoms with Gasteiger partial charge in [-0.25, -0.2) is 0 Å². The summed E-state index contributed by atoms with van der Waals surface area (Å²) in [7, 11) is -0.508. The van der Waals surface area contributed by atoms with Crippen LogP contribution in [-0.4, -0.2) is 54.8 Å². The lowest BCUT2D eigenvalue weighted by Gasteiger charge is -2.32. The van der Waals surface area contributed by atoms with Crippen molar-refractivity contribution >= 4 is 24.5 Å². The van der Waals surface area contributed by atoms with Gasteiger partial charge in [-0.15, -0.1) is 0 Å². The molecule has 0 spiro atoms. The number of piperidine rings is 1. The molecular formula is C21H30BNO5. The van der Waals surface area contributed by atoms with Gasteiger partial charge >= 0.3 is 13.1 Å². The summed E-state index contributed by atoms with van der Waals surface area (Å²) in [6.07, 6.45) is 1.56. The zero-order valence-electron chi connectivity index (χ0n) is 17.5. The zero-order chi connectivity index (χ0) is 20.5. The van der Waals surface area contributed by atoms with Crippen LogP contribution in [0.5, 0.6) is 0 Å². The summed E-state index contributed by atoms with van der Waals surface area (Å²) >= 11 is 0. The van der Waals surface area contributed by atoms with Gasteiger partial charge in [0, 0.05) is 18.7 Å². The molecule has 2 heterocycles. The third-order valence-electron chi connectivity index (χ3n) is 5.99. The average Bonchev–Trinajstić information content (AvgIpc) is 2.89. The Kier molecular flexibility index (Phi) is 5.87. The molecule has 2 aliphatic rings. The van der Waals surface area contributed by atoms with E-state index in [0.717, 1.165) is 18.3 Å². The van der Waals surface area contributed by atoms with E-state index in [0.29, 0.717) is 25.3 Å². The van der Waals surface area contributed by atoms with Crippen LogP contribution >= 0.6 is 0 Å². The molecule has 0 radical (unpaired) electrons. The molecule has 0 bridgehead atoms. The Labute approximate surface area is 167 Å². The molecule has 0 aliphatic carbocycles. The molecule has 6 nitrogen and oxygen atoms in total. The molecule has 0 aromatic heterocycles. The maximum Gasteiger partial charge on any atom is 0.494 e. The molecule has 2 aliphatic heterocycles. The van der Waals surface area contributed by atoms with Crippen LogP contribution in [0.2, 0.25) is 0 Å². The van der Waals surface area contributed by atoms with Gasteiger partial charge in [0.2, 0.25) is 0 Å². The number of carbonyl (C=O) groups excluding carboxylic acids is 2. The number of esters is 1. The van der Waals surface area contributed by atoms with E-state index < -0.39 is 18.3 Å². The standard InChI is InChI=1S/C21H30BNO5/c1-6-26-19(25)16-10-8-12-23(14-16)18(24)15-9-7-11-17(13-15)22-27-20(2,3)21(4,5)28-22/h7,9,11,13,16H,6,8,10,12,14H2,1-5H3/t16-/m1/s1. The highest BCUT2D eigenvalue weighted by atomic mass is 16.7. The lowest BCUT2D eigenvalue weighted by molar-refractivity contribution is -0.149. The van der Waals surface area contributed by atoms with E-state index in [1.807, 2.05) is 45.9 Å². The van der Waals surface area contributed by atoms with Crippen molar-refractivity contribution < 1.29 is 23.6 Å². The first-order valence-corrected chi connectivity index (χ1v) is 10.1. The molecule has 0 N–H and O–H groups in total. The van der Waals surface area contributed by atoms with Crippen LogP contribution < -0.4 is 5.46 Å². The van der Waals surface area contributed by atoms with Crippen LogP contribution in [-0.2, 0) is 18.8 Å². The molecule has 0 unspecified atom stereocenters. The van der Waals surface area contributed by atoms with Crippen molar-refractivity contribution in [3.05, 3.63) is 29.8 Å². The van der Waals surface area contributed by atoms with E-state index in [9.17, 15) is 9.59 Å². The predicted octanol–water partition coefficient (Wildman–Crippen LogP) is 2.40. The minimum absolute atomic E-state index is 0.0765. The Morgan fingerprint density at radius 2 is 1.89 bits per heavy atom. The van der Waals surface area contributed by atoms with Crippen molar-refractivity contribution in [1.82, 2.24) is 4.90 Å². The maximum atomic E-state index is 13.0. The van der Waals surface area contributed by atoms with Crippen LogP contribution in [0.1, 0.15) is 57.8 Å². The lowest BCUT2D eigenvalue weighted by atomic mass is 9.78. The number of benzene rings is 1. The summed E-state index contributed by atoms with van der Waals surface area (Å²) in [6.45, 7) is 11.2. The van der Waals surface area contributed by atoms with E-state index in [1.165, 1.54) is 0 Å². The van der Waals surface area contributed by atoms with Crippen molar-refractivity contribution in [2.75, 3.05) is 19.7 Å². The van der Waals surface area contributed by atoms with Gasteiger partial charge in [-0.2, -0.15) is 0 Å². The van der Waals surface area contributed by atoms with Gasteiger partial charge in [-0.1, -0.05) is 12.1 Å². The van der Waals surface area contributed by atoms with Gasteiger partial charge in [0.25, 0.3) is 5.91 Å². The summed E-state index contributed by atoms with van der Waals surface area (Å²) in [5.74, 6) is -0.540. The van der Waals surface area contributed by atoms with E-state index in [1.54, 1.807) is 17.9 Å². The summed E-state index contributed by atoms with van der Waals surface area (Å²) < 4.78 is 17.3. The Hall–Kier alpha value is -1.86. The Balaban J connectivity index is 1.73. The highest BCUT2D eigenvalue weighted by Gasteiger charge is 2.51. The maximum absolute atomic E-state index is 13.0. The normalized spacial score (nSPS) is 23.5. The summed E-state index contributed by atoms with van der Waals surface area (Å²) in [6, 6.07) is 7.39. The van der Waals surface area contributed by atoms with Crippen LogP contribution in [0.3, 0.4) is 0 Å². The summed E-state index contributed by atoms with van der Waals surface area (Å²) in [5, 5.41) is 0. The van der Waals surface area contributed by atoms with Crippen molar-refractivity contribution in [2.45, 2.75) is 58.7 Å². The Bertz CT molecular complexity index is 732. The van der Waals surface area contributed by atoms with Crippen LogP contribution in [0, 0.1) is 5.92 Å².